The molecule has 1 nitrogen and oxygen atoms in total. The van der Waals surface area contributed by atoms with Crippen LogP contribution in [-0.2, 0) is 0 Å². The number of aliphatic hydroxyl groups excluding tert-OH is 1. The number of hydrogen-bond donors (Lipinski definition) is 1. The molecule has 64 valence electrons. The molecule has 0 aliphatic heterocycles. The number of rotatable bonds is 0. The molecule has 2 aliphatic carbocycles. The Morgan fingerprint density at radius 1 is 1.09 bits per heavy atom. The smallest absolute Gasteiger partial charge is 0.0545 e. The predicted octanol–water partition coefficient (Wildman–Crippen LogP) is 2.19. The number of aliphatic hydroxyl groups is 1. The van der Waals surface area contributed by atoms with Gasteiger partial charge in [-0.15, -0.1) is 0 Å². The molecule has 0 aromatic rings. The highest BCUT2D eigenvalue weighted by molar-refractivity contribution is 4.87. The lowest BCUT2D eigenvalue weighted by atomic mass is 9.64. The summed E-state index contributed by atoms with van der Waals surface area (Å²) in [5, 5.41) is 9.53. The van der Waals surface area contributed by atoms with E-state index in [1.54, 1.807) is 0 Å². The summed E-state index contributed by atoms with van der Waals surface area (Å²) >= 11 is 0. The van der Waals surface area contributed by atoms with Gasteiger partial charge in [-0.2, -0.15) is 0 Å². The zero-order chi connectivity index (χ0) is 7.84. The van der Waals surface area contributed by atoms with Crippen LogP contribution in [0.15, 0.2) is 0 Å². The first-order valence-corrected chi connectivity index (χ1v) is 4.95. The monoisotopic (exact) mass is 154 g/mol. The van der Waals surface area contributed by atoms with E-state index in [9.17, 15) is 5.11 Å². The molecule has 1 N–H and O–H groups in total. The van der Waals surface area contributed by atoms with Crippen LogP contribution in [-0.4, -0.2) is 11.2 Å². The molecule has 2 saturated carbocycles. The molecule has 0 heterocycles. The van der Waals surface area contributed by atoms with Gasteiger partial charge in [-0.25, -0.2) is 0 Å². The normalized spacial score (nSPS) is 50.7. The van der Waals surface area contributed by atoms with E-state index in [0.29, 0.717) is 0 Å². The largest absolute Gasteiger partial charge is 0.393 e. The van der Waals surface area contributed by atoms with E-state index in [4.69, 9.17) is 0 Å². The summed E-state index contributed by atoms with van der Waals surface area (Å²) in [7, 11) is 0. The first-order chi connectivity index (χ1) is 5.27. The van der Waals surface area contributed by atoms with Gasteiger partial charge >= 0.3 is 0 Å². The topological polar surface area (TPSA) is 20.2 Å². The third kappa shape index (κ3) is 1.31. The van der Waals surface area contributed by atoms with Crippen LogP contribution in [0.2, 0.25) is 0 Å². The molecule has 2 fully saturated rings. The standard InChI is InChI=1S/C10H18O/c1-7-8-3-2-4-9(7)6-10(11)5-8/h7-11H,2-6H2,1H3. The van der Waals surface area contributed by atoms with Crippen molar-refractivity contribution in [1.29, 1.82) is 0 Å². The molecular weight excluding hydrogens is 136 g/mol. The molecule has 2 aliphatic rings. The quantitative estimate of drug-likeness (QED) is 0.567. The molecule has 0 spiro atoms. The van der Waals surface area contributed by atoms with Crippen molar-refractivity contribution in [3.63, 3.8) is 0 Å². The van der Waals surface area contributed by atoms with Crippen LogP contribution in [0.3, 0.4) is 0 Å². The van der Waals surface area contributed by atoms with Crippen LogP contribution in [0.5, 0.6) is 0 Å². The minimum Gasteiger partial charge on any atom is -0.393 e. The Labute approximate surface area is 68.8 Å². The Hall–Kier alpha value is -0.0400. The van der Waals surface area contributed by atoms with Gasteiger partial charge in [0.1, 0.15) is 0 Å². The van der Waals surface area contributed by atoms with Crippen molar-refractivity contribution < 1.29 is 5.11 Å². The zero-order valence-electron chi connectivity index (χ0n) is 7.29. The molecule has 0 saturated heterocycles. The Balaban J connectivity index is 2.07. The van der Waals surface area contributed by atoms with E-state index >= 15 is 0 Å². The summed E-state index contributed by atoms with van der Waals surface area (Å²) in [5.41, 5.74) is 0. The van der Waals surface area contributed by atoms with Crippen LogP contribution in [0.4, 0.5) is 0 Å². The predicted molar refractivity (Wildman–Crippen MR) is 45.2 cm³/mol. The average Bonchev–Trinajstić information content (AvgIpc) is 1.92. The fourth-order valence-electron chi connectivity index (χ4n) is 3.01. The summed E-state index contributed by atoms with van der Waals surface area (Å²) < 4.78 is 0. The molecule has 2 atom stereocenters. The number of hydrogen-bond acceptors (Lipinski definition) is 1. The summed E-state index contributed by atoms with van der Waals surface area (Å²) in [6.07, 6.45) is 6.34. The van der Waals surface area contributed by atoms with Gasteiger partial charge in [0, 0.05) is 0 Å². The van der Waals surface area contributed by atoms with E-state index in [1.807, 2.05) is 0 Å². The van der Waals surface area contributed by atoms with Crippen molar-refractivity contribution in [2.75, 3.05) is 0 Å². The molecule has 2 bridgehead atoms. The van der Waals surface area contributed by atoms with E-state index in [-0.39, 0.29) is 6.10 Å². The molecule has 0 aromatic heterocycles. The lowest BCUT2D eigenvalue weighted by Crippen LogP contribution is -2.36. The second kappa shape index (κ2) is 2.78. The summed E-state index contributed by atoms with van der Waals surface area (Å²) in [6, 6.07) is 0. The maximum atomic E-state index is 9.53. The Morgan fingerprint density at radius 3 is 2.18 bits per heavy atom. The van der Waals surface area contributed by atoms with Gasteiger partial charge in [-0.05, 0) is 30.6 Å². The third-order valence-electron chi connectivity index (χ3n) is 3.79. The van der Waals surface area contributed by atoms with E-state index < -0.39 is 0 Å². The number of fused-ring (bicyclic) bond motifs is 2. The van der Waals surface area contributed by atoms with Gasteiger partial charge in [0.25, 0.3) is 0 Å². The fourth-order valence-corrected chi connectivity index (χ4v) is 3.01. The van der Waals surface area contributed by atoms with Crippen LogP contribution in [0.25, 0.3) is 0 Å². The van der Waals surface area contributed by atoms with Crippen molar-refractivity contribution in [3.05, 3.63) is 0 Å². The average molecular weight is 154 g/mol. The highest BCUT2D eigenvalue weighted by Crippen LogP contribution is 2.43. The summed E-state index contributed by atoms with van der Waals surface area (Å²) in [5.74, 6) is 2.59. The molecule has 2 unspecified atom stereocenters. The lowest BCUT2D eigenvalue weighted by Gasteiger charge is -2.42. The van der Waals surface area contributed by atoms with Gasteiger partial charge in [0.2, 0.25) is 0 Å². The molecular formula is C10H18O. The Kier molecular flexibility index (Phi) is 1.92. The second-order valence-electron chi connectivity index (χ2n) is 4.44. The van der Waals surface area contributed by atoms with Crippen molar-refractivity contribution in [2.24, 2.45) is 17.8 Å². The molecule has 1 heteroatoms. The molecule has 0 aromatic carbocycles. The van der Waals surface area contributed by atoms with Gasteiger partial charge in [-0.3, -0.25) is 0 Å². The summed E-state index contributed by atoms with van der Waals surface area (Å²) in [4.78, 5) is 0. The van der Waals surface area contributed by atoms with Crippen LogP contribution in [0, 0.1) is 17.8 Å². The van der Waals surface area contributed by atoms with Gasteiger partial charge in [0.05, 0.1) is 6.10 Å². The van der Waals surface area contributed by atoms with E-state index in [1.165, 1.54) is 19.3 Å². The maximum Gasteiger partial charge on any atom is 0.0545 e. The fraction of sp³-hybridized carbons (Fsp3) is 1.00. The maximum absolute atomic E-state index is 9.53. The SMILES string of the molecule is CC1C2CCCC1CC(O)C2. The summed E-state index contributed by atoms with van der Waals surface area (Å²) in [6.45, 7) is 2.38. The highest BCUT2D eigenvalue weighted by Gasteiger charge is 2.36. The van der Waals surface area contributed by atoms with Crippen LogP contribution in [0.1, 0.15) is 39.0 Å². The zero-order valence-corrected chi connectivity index (χ0v) is 7.29. The molecule has 11 heavy (non-hydrogen) atoms. The minimum absolute atomic E-state index is 0.0292. The first-order valence-electron chi connectivity index (χ1n) is 4.95. The van der Waals surface area contributed by atoms with Crippen molar-refractivity contribution in [1.82, 2.24) is 0 Å². The van der Waals surface area contributed by atoms with Crippen LogP contribution < -0.4 is 0 Å². The third-order valence-corrected chi connectivity index (χ3v) is 3.79. The second-order valence-corrected chi connectivity index (χ2v) is 4.44. The van der Waals surface area contributed by atoms with Crippen LogP contribution >= 0.6 is 0 Å². The van der Waals surface area contributed by atoms with E-state index in [2.05, 4.69) is 6.92 Å². The Morgan fingerprint density at radius 2 is 1.64 bits per heavy atom. The van der Waals surface area contributed by atoms with Crippen molar-refractivity contribution >= 4 is 0 Å². The van der Waals surface area contributed by atoms with Gasteiger partial charge < -0.3 is 5.11 Å². The lowest BCUT2D eigenvalue weighted by molar-refractivity contribution is 0.00562. The van der Waals surface area contributed by atoms with Gasteiger partial charge in [0.15, 0.2) is 0 Å². The van der Waals surface area contributed by atoms with Gasteiger partial charge in [-0.1, -0.05) is 26.2 Å². The first kappa shape index (κ1) is 7.60. The van der Waals surface area contributed by atoms with E-state index in [0.717, 1.165) is 30.6 Å². The molecule has 0 amide bonds. The minimum atomic E-state index is 0.0292. The Bertz CT molecular complexity index is 130. The highest BCUT2D eigenvalue weighted by atomic mass is 16.3. The van der Waals surface area contributed by atoms with Crippen molar-refractivity contribution in [3.8, 4) is 0 Å². The molecule has 2 rings (SSSR count). The molecule has 0 radical (unpaired) electrons. The van der Waals surface area contributed by atoms with Crippen molar-refractivity contribution in [2.45, 2.75) is 45.1 Å².